The molecule has 2 aromatic rings. The number of imidazole rings is 1. The lowest BCUT2D eigenvalue weighted by Crippen LogP contribution is -2.05. The lowest BCUT2D eigenvalue weighted by molar-refractivity contribution is 0.401. The monoisotopic (exact) mass is 250 g/mol. The Bertz CT molecular complexity index is 597. The number of hydrogen-bond acceptors (Lipinski definition) is 4. The molecule has 1 aliphatic carbocycles. The molecule has 3 rings (SSSR count). The maximum absolute atomic E-state index is 5.38. The van der Waals surface area contributed by atoms with Gasteiger partial charge < -0.3 is 9.72 Å². The molecule has 0 unspecified atom stereocenters. The summed E-state index contributed by atoms with van der Waals surface area (Å²) in [5.41, 5.74) is 1.65. The molecule has 1 aliphatic rings. The summed E-state index contributed by atoms with van der Waals surface area (Å²) in [6.07, 6.45) is 6.40. The second kappa shape index (κ2) is 4.10. The van der Waals surface area contributed by atoms with E-state index in [-0.39, 0.29) is 0 Å². The topological polar surface area (TPSA) is 55.7 Å². The Morgan fingerprint density at radius 3 is 2.88 bits per heavy atom. The second-order valence-electron chi connectivity index (χ2n) is 4.32. The van der Waals surface area contributed by atoms with E-state index in [4.69, 9.17) is 17.0 Å². The Kier molecular flexibility index (Phi) is 2.58. The maximum Gasteiger partial charge on any atom is 0.242 e. The van der Waals surface area contributed by atoms with Crippen LogP contribution in [0, 0.1) is 4.77 Å². The Labute approximate surface area is 104 Å². The van der Waals surface area contributed by atoms with Gasteiger partial charge in [-0.05, 0) is 25.1 Å². The molecule has 0 bridgehead atoms. The van der Waals surface area contributed by atoms with Crippen LogP contribution in [0.1, 0.15) is 31.7 Å². The van der Waals surface area contributed by atoms with Gasteiger partial charge in [-0.25, -0.2) is 4.98 Å². The van der Waals surface area contributed by atoms with Gasteiger partial charge in [0.1, 0.15) is 11.8 Å². The van der Waals surface area contributed by atoms with Crippen molar-refractivity contribution in [3.63, 3.8) is 0 Å². The van der Waals surface area contributed by atoms with E-state index < -0.39 is 0 Å². The van der Waals surface area contributed by atoms with Crippen molar-refractivity contribution in [2.24, 2.45) is 0 Å². The first-order valence-electron chi connectivity index (χ1n) is 5.80. The highest BCUT2D eigenvalue weighted by atomic mass is 32.1. The van der Waals surface area contributed by atoms with Crippen molar-refractivity contribution in [1.82, 2.24) is 19.5 Å². The predicted octanol–water partition coefficient (Wildman–Crippen LogP) is 2.61. The van der Waals surface area contributed by atoms with Crippen LogP contribution in [0.15, 0.2) is 6.33 Å². The highest BCUT2D eigenvalue weighted by molar-refractivity contribution is 7.71. The summed E-state index contributed by atoms with van der Waals surface area (Å²) in [7, 11) is 1.60. The Morgan fingerprint density at radius 2 is 2.18 bits per heavy atom. The molecule has 5 nitrogen and oxygen atoms in total. The second-order valence-corrected chi connectivity index (χ2v) is 4.71. The number of aromatic amines is 1. The zero-order valence-corrected chi connectivity index (χ0v) is 10.5. The number of rotatable bonds is 2. The lowest BCUT2D eigenvalue weighted by Gasteiger charge is -2.11. The van der Waals surface area contributed by atoms with Gasteiger partial charge in [-0.3, -0.25) is 4.57 Å². The minimum atomic E-state index is 0.468. The van der Waals surface area contributed by atoms with E-state index in [9.17, 15) is 0 Å². The van der Waals surface area contributed by atoms with Crippen molar-refractivity contribution < 1.29 is 4.74 Å². The van der Waals surface area contributed by atoms with Gasteiger partial charge >= 0.3 is 0 Å². The van der Waals surface area contributed by atoms with Crippen LogP contribution in [0.25, 0.3) is 11.2 Å². The number of H-pyrrole nitrogens is 1. The van der Waals surface area contributed by atoms with Crippen molar-refractivity contribution in [2.45, 2.75) is 31.7 Å². The highest BCUT2D eigenvalue weighted by Crippen LogP contribution is 2.33. The van der Waals surface area contributed by atoms with Crippen LogP contribution in [-0.4, -0.2) is 26.6 Å². The van der Waals surface area contributed by atoms with Crippen molar-refractivity contribution in [3.05, 3.63) is 11.1 Å². The van der Waals surface area contributed by atoms with Crippen LogP contribution < -0.4 is 4.74 Å². The maximum atomic E-state index is 5.38. The van der Waals surface area contributed by atoms with Crippen LogP contribution in [0.2, 0.25) is 0 Å². The number of methoxy groups -OCH3 is 1. The molecule has 1 saturated carbocycles. The standard InChI is InChI=1S/C11H14N4OS/c1-16-10-8-9(12-6-13-10)15(11(17)14-8)7-4-2-3-5-7/h6-7H,2-5H2,1H3,(H,14,17). The summed E-state index contributed by atoms with van der Waals surface area (Å²) in [4.78, 5) is 11.6. The third-order valence-electron chi connectivity index (χ3n) is 3.35. The zero-order valence-electron chi connectivity index (χ0n) is 9.64. The van der Waals surface area contributed by atoms with E-state index in [0.717, 1.165) is 11.2 Å². The van der Waals surface area contributed by atoms with Gasteiger partial charge in [0, 0.05) is 6.04 Å². The van der Waals surface area contributed by atoms with E-state index in [0.29, 0.717) is 16.7 Å². The van der Waals surface area contributed by atoms with Gasteiger partial charge in [-0.15, -0.1) is 0 Å². The molecule has 17 heavy (non-hydrogen) atoms. The minimum Gasteiger partial charge on any atom is -0.479 e. The van der Waals surface area contributed by atoms with Crippen molar-refractivity contribution in [2.75, 3.05) is 7.11 Å². The highest BCUT2D eigenvalue weighted by Gasteiger charge is 2.21. The lowest BCUT2D eigenvalue weighted by atomic mass is 10.2. The van der Waals surface area contributed by atoms with E-state index in [2.05, 4.69) is 19.5 Å². The van der Waals surface area contributed by atoms with Gasteiger partial charge in [-0.2, -0.15) is 4.98 Å². The molecule has 0 saturated heterocycles. The van der Waals surface area contributed by atoms with Gasteiger partial charge in [0.2, 0.25) is 5.88 Å². The molecule has 0 spiro atoms. The fraction of sp³-hybridized carbons (Fsp3) is 0.545. The fourth-order valence-corrected chi connectivity index (χ4v) is 2.91. The summed E-state index contributed by atoms with van der Waals surface area (Å²) < 4.78 is 8.04. The average molecular weight is 250 g/mol. The first-order chi connectivity index (χ1) is 8.31. The van der Waals surface area contributed by atoms with Crippen LogP contribution >= 0.6 is 12.2 Å². The Balaban J connectivity index is 2.24. The molecule has 0 atom stereocenters. The third kappa shape index (κ3) is 1.63. The van der Waals surface area contributed by atoms with E-state index in [1.54, 1.807) is 7.11 Å². The summed E-state index contributed by atoms with van der Waals surface area (Å²) in [5.74, 6) is 0.554. The van der Waals surface area contributed by atoms with Crippen LogP contribution in [0.5, 0.6) is 5.88 Å². The molecular formula is C11H14N4OS. The van der Waals surface area contributed by atoms with Gasteiger partial charge in [0.25, 0.3) is 0 Å². The predicted molar refractivity (Wildman–Crippen MR) is 66.8 cm³/mol. The van der Waals surface area contributed by atoms with E-state index in [1.807, 2.05) is 0 Å². The van der Waals surface area contributed by atoms with Gasteiger partial charge in [0.15, 0.2) is 10.4 Å². The zero-order chi connectivity index (χ0) is 11.8. The summed E-state index contributed by atoms with van der Waals surface area (Å²) in [5, 5.41) is 0. The van der Waals surface area contributed by atoms with Crippen LogP contribution in [-0.2, 0) is 0 Å². The molecule has 2 aromatic heterocycles. The molecule has 90 valence electrons. The van der Waals surface area contributed by atoms with E-state index >= 15 is 0 Å². The molecule has 0 amide bonds. The van der Waals surface area contributed by atoms with Gasteiger partial charge in [0.05, 0.1) is 7.11 Å². The minimum absolute atomic E-state index is 0.468. The van der Waals surface area contributed by atoms with E-state index in [1.165, 1.54) is 32.0 Å². The largest absolute Gasteiger partial charge is 0.479 e. The number of hydrogen-bond donors (Lipinski definition) is 1. The summed E-state index contributed by atoms with van der Waals surface area (Å²) >= 11 is 5.38. The smallest absolute Gasteiger partial charge is 0.242 e. The molecule has 6 heteroatoms. The first kappa shape index (κ1) is 10.7. The molecule has 0 radical (unpaired) electrons. The van der Waals surface area contributed by atoms with Crippen molar-refractivity contribution in [3.8, 4) is 5.88 Å². The van der Waals surface area contributed by atoms with Crippen molar-refractivity contribution in [1.29, 1.82) is 0 Å². The van der Waals surface area contributed by atoms with Crippen LogP contribution in [0.3, 0.4) is 0 Å². The summed E-state index contributed by atoms with van der Waals surface area (Å²) in [6, 6.07) is 0.468. The normalized spacial score (nSPS) is 16.8. The molecule has 1 fully saturated rings. The fourth-order valence-electron chi connectivity index (χ4n) is 2.57. The van der Waals surface area contributed by atoms with Gasteiger partial charge in [-0.1, -0.05) is 12.8 Å². The summed E-state index contributed by atoms with van der Waals surface area (Å²) in [6.45, 7) is 0. The SMILES string of the molecule is COc1ncnc2c1[nH]c(=S)n2C1CCCC1. The molecule has 1 N–H and O–H groups in total. The first-order valence-corrected chi connectivity index (χ1v) is 6.21. The molecule has 2 heterocycles. The number of fused-ring (bicyclic) bond motifs is 1. The number of nitrogens with zero attached hydrogens (tertiary/aromatic N) is 3. The number of aromatic nitrogens is 4. The number of nitrogens with one attached hydrogen (secondary N) is 1. The molecule has 0 aromatic carbocycles. The average Bonchev–Trinajstić information content (AvgIpc) is 2.93. The Morgan fingerprint density at radius 1 is 1.41 bits per heavy atom. The van der Waals surface area contributed by atoms with Crippen LogP contribution in [0.4, 0.5) is 0 Å². The number of ether oxygens (including phenoxy) is 1. The third-order valence-corrected chi connectivity index (χ3v) is 3.65. The quantitative estimate of drug-likeness (QED) is 0.832. The Hall–Kier alpha value is -1.43. The molecular weight excluding hydrogens is 236 g/mol. The molecule has 0 aliphatic heterocycles. The van der Waals surface area contributed by atoms with Crippen molar-refractivity contribution >= 4 is 23.4 Å².